The molecule has 1 heterocycles. The average molecular weight is 224 g/mol. The summed E-state index contributed by atoms with van der Waals surface area (Å²) in [6.07, 6.45) is 1.52. The van der Waals surface area contributed by atoms with Crippen molar-refractivity contribution in [1.29, 1.82) is 0 Å². The van der Waals surface area contributed by atoms with E-state index in [9.17, 15) is 0 Å². The maximum atomic E-state index is 5.59. The molecule has 1 unspecified atom stereocenters. The summed E-state index contributed by atoms with van der Waals surface area (Å²) in [6.45, 7) is 6.20. The topological polar surface area (TPSA) is 64.3 Å². The second-order valence-electron chi connectivity index (χ2n) is 3.87. The molecule has 90 valence electrons. The molecule has 0 aliphatic heterocycles. The van der Waals surface area contributed by atoms with Gasteiger partial charge in [-0.1, -0.05) is 6.92 Å². The molecule has 0 bridgehead atoms. The van der Waals surface area contributed by atoms with Crippen molar-refractivity contribution in [3.8, 4) is 5.88 Å². The number of rotatable bonds is 6. The zero-order valence-corrected chi connectivity index (χ0v) is 10.2. The van der Waals surface area contributed by atoms with Crippen LogP contribution in [0.4, 0.5) is 5.82 Å². The number of hydrogen-bond donors (Lipinski definition) is 1. The Hall–Kier alpha value is -1.36. The Bertz CT molecular complexity index is 319. The Balaban J connectivity index is 2.67. The molecule has 5 heteroatoms. The van der Waals surface area contributed by atoms with Gasteiger partial charge < -0.3 is 15.4 Å². The minimum absolute atomic E-state index is 0.440. The summed E-state index contributed by atoms with van der Waals surface area (Å²) in [4.78, 5) is 10.3. The third-order valence-corrected chi connectivity index (χ3v) is 2.30. The first-order valence-corrected chi connectivity index (χ1v) is 5.53. The van der Waals surface area contributed by atoms with Crippen LogP contribution in [0, 0.1) is 5.92 Å². The summed E-state index contributed by atoms with van der Waals surface area (Å²) in [6, 6.07) is 1.84. The molecule has 1 rings (SSSR count). The van der Waals surface area contributed by atoms with Gasteiger partial charge in [0.1, 0.15) is 12.1 Å². The fourth-order valence-electron chi connectivity index (χ4n) is 1.40. The van der Waals surface area contributed by atoms with Crippen LogP contribution in [0.15, 0.2) is 12.4 Å². The molecule has 0 amide bonds. The van der Waals surface area contributed by atoms with Gasteiger partial charge >= 0.3 is 0 Å². The number of nitrogens with two attached hydrogens (primary N) is 1. The van der Waals surface area contributed by atoms with Gasteiger partial charge in [-0.2, -0.15) is 0 Å². The summed E-state index contributed by atoms with van der Waals surface area (Å²) in [5.74, 6) is 1.91. The number of anilines is 1. The van der Waals surface area contributed by atoms with Crippen LogP contribution in [-0.2, 0) is 0 Å². The van der Waals surface area contributed by atoms with Crippen LogP contribution in [0.25, 0.3) is 0 Å². The van der Waals surface area contributed by atoms with Crippen molar-refractivity contribution < 1.29 is 4.74 Å². The highest BCUT2D eigenvalue weighted by Gasteiger charge is 2.08. The first-order valence-electron chi connectivity index (χ1n) is 5.53. The summed E-state index contributed by atoms with van der Waals surface area (Å²) >= 11 is 0. The fourth-order valence-corrected chi connectivity index (χ4v) is 1.40. The Morgan fingerprint density at radius 3 is 2.88 bits per heavy atom. The van der Waals surface area contributed by atoms with Crippen LogP contribution in [0.1, 0.15) is 13.8 Å². The van der Waals surface area contributed by atoms with Crippen molar-refractivity contribution in [2.24, 2.45) is 11.7 Å². The normalized spacial score (nSPS) is 12.2. The smallest absolute Gasteiger partial charge is 0.218 e. The first kappa shape index (κ1) is 12.7. The molecular weight excluding hydrogens is 204 g/mol. The van der Waals surface area contributed by atoms with Crippen molar-refractivity contribution in [3.63, 3.8) is 0 Å². The molecule has 16 heavy (non-hydrogen) atoms. The highest BCUT2D eigenvalue weighted by atomic mass is 16.5. The lowest BCUT2D eigenvalue weighted by Gasteiger charge is -2.21. The summed E-state index contributed by atoms with van der Waals surface area (Å²) < 4.78 is 5.33. The van der Waals surface area contributed by atoms with E-state index in [1.165, 1.54) is 6.33 Å². The molecule has 0 aromatic carbocycles. The summed E-state index contributed by atoms with van der Waals surface area (Å²) in [7, 11) is 1.99. The fraction of sp³-hybridized carbons (Fsp3) is 0.636. The van der Waals surface area contributed by atoms with E-state index in [0.29, 0.717) is 24.9 Å². The van der Waals surface area contributed by atoms with E-state index in [4.69, 9.17) is 10.5 Å². The van der Waals surface area contributed by atoms with Gasteiger partial charge in [-0.05, 0) is 19.4 Å². The Kier molecular flexibility index (Phi) is 4.98. The molecule has 0 aliphatic rings. The molecule has 1 aromatic rings. The lowest BCUT2D eigenvalue weighted by atomic mass is 10.2. The third kappa shape index (κ3) is 3.66. The average Bonchev–Trinajstić information content (AvgIpc) is 2.29. The van der Waals surface area contributed by atoms with Crippen LogP contribution in [0.2, 0.25) is 0 Å². The van der Waals surface area contributed by atoms with Crippen LogP contribution in [0.5, 0.6) is 5.88 Å². The van der Waals surface area contributed by atoms with Crippen molar-refractivity contribution in [3.05, 3.63) is 12.4 Å². The zero-order chi connectivity index (χ0) is 12.0. The lowest BCUT2D eigenvalue weighted by Crippen LogP contribution is -2.28. The van der Waals surface area contributed by atoms with Crippen LogP contribution >= 0.6 is 0 Å². The van der Waals surface area contributed by atoms with Crippen LogP contribution in [0.3, 0.4) is 0 Å². The van der Waals surface area contributed by atoms with Crippen molar-refractivity contribution >= 4 is 5.82 Å². The monoisotopic (exact) mass is 224 g/mol. The molecule has 5 nitrogen and oxygen atoms in total. The molecule has 1 atom stereocenters. The number of nitrogens with zero attached hydrogens (tertiary/aromatic N) is 3. The number of hydrogen-bond acceptors (Lipinski definition) is 5. The minimum atomic E-state index is 0.440. The van der Waals surface area contributed by atoms with E-state index in [-0.39, 0.29) is 0 Å². The third-order valence-electron chi connectivity index (χ3n) is 2.30. The highest BCUT2D eigenvalue weighted by molar-refractivity contribution is 5.39. The zero-order valence-electron chi connectivity index (χ0n) is 10.2. The maximum Gasteiger partial charge on any atom is 0.218 e. The van der Waals surface area contributed by atoms with E-state index in [2.05, 4.69) is 21.8 Å². The van der Waals surface area contributed by atoms with Gasteiger partial charge in [0.25, 0.3) is 0 Å². The van der Waals surface area contributed by atoms with Crippen molar-refractivity contribution in [1.82, 2.24) is 9.97 Å². The van der Waals surface area contributed by atoms with Crippen molar-refractivity contribution in [2.45, 2.75) is 13.8 Å². The molecule has 0 saturated heterocycles. The van der Waals surface area contributed by atoms with Gasteiger partial charge in [0.2, 0.25) is 5.88 Å². The largest absolute Gasteiger partial charge is 0.478 e. The van der Waals surface area contributed by atoms with Gasteiger partial charge in [-0.3, -0.25) is 0 Å². The molecule has 0 saturated carbocycles. The highest BCUT2D eigenvalue weighted by Crippen LogP contribution is 2.15. The summed E-state index contributed by atoms with van der Waals surface area (Å²) in [5, 5.41) is 0. The lowest BCUT2D eigenvalue weighted by molar-refractivity contribution is 0.326. The molecular formula is C11H20N4O. The Morgan fingerprint density at radius 1 is 1.50 bits per heavy atom. The predicted molar refractivity (Wildman–Crippen MR) is 64.7 cm³/mol. The van der Waals surface area contributed by atoms with E-state index in [1.54, 1.807) is 0 Å². The van der Waals surface area contributed by atoms with Crippen LogP contribution in [-0.4, -0.2) is 36.7 Å². The molecule has 1 aromatic heterocycles. The van der Waals surface area contributed by atoms with Crippen LogP contribution < -0.4 is 15.4 Å². The molecule has 0 fully saturated rings. The molecule has 0 spiro atoms. The van der Waals surface area contributed by atoms with Gasteiger partial charge in [-0.25, -0.2) is 9.97 Å². The van der Waals surface area contributed by atoms with Gasteiger partial charge in [0.15, 0.2) is 0 Å². The SMILES string of the molecule is CCOc1cc(N(C)CC(C)CN)ncn1. The summed E-state index contributed by atoms with van der Waals surface area (Å²) in [5.41, 5.74) is 5.59. The quantitative estimate of drug-likeness (QED) is 0.778. The predicted octanol–water partition coefficient (Wildman–Crippen LogP) is 0.906. The molecule has 0 aliphatic carbocycles. The second kappa shape index (κ2) is 6.27. The van der Waals surface area contributed by atoms with E-state index in [1.807, 2.05) is 20.0 Å². The van der Waals surface area contributed by atoms with E-state index < -0.39 is 0 Å². The Labute approximate surface area is 96.6 Å². The minimum Gasteiger partial charge on any atom is -0.478 e. The standard InChI is InChI=1S/C11H20N4O/c1-4-16-11-5-10(13-8-14-11)15(3)7-9(2)6-12/h5,8-9H,4,6-7,12H2,1-3H3. The van der Waals surface area contributed by atoms with Gasteiger partial charge in [0.05, 0.1) is 6.61 Å². The Morgan fingerprint density at radius 2 is 2.25 bits per heavy atom. The molecule has 0 radical (unpaired) electrons. The van der Waals surface area contributed by atoms with Gasteiger partial charge in [0, 0.05) is 19.7 Å². The number of ether oxygens (including phenoxy) is 1. The second-order valence-corrected chi connectivity index (χ2v) is 3.87. The first-order chi connectivity index (χ1) is 7.67. The number of aromatic nitrogens is 2. The van der Waals surface area contributed by atoms with E-state index >= 15 is 0 Å². The van der Waals surface area contributed by atoms with E-state index in [0.717, 1.165) is 12.4 Å². The van der Waals surface area contributed by atoms with Crippen molar-refractivity contribution in [2.75, 3.05) is 31.6 Å². The molecule has 2 N–H and O–H groups in total. The van der Waals surface area contributed by atoms with Gasteiger partial charge in [-0.15, -0.1) is 0 Å². The maximum absolute atomic E-state index is 5.59.